The van der Waals surface area contributed by atoms with Crippen molar-refractivity contribution in [2.24, 2.45) is 0 Å². The van der Waals surface area contributed by atoms with Crippen molar-refractivity contribution in [2.75, 3.05) is 11.4 Å². The number of benzene rings is 1. The third kappa shape index (κ3) is 2.99. The number of anilines is 1. The first-order valence-electron chi connectivity index (χ1n) is 7.11. The van der Waals surface area contributed by atoms with Crippen molar-refractivity contribution < 1.29 is 9.59 Å². The second-order valence-electron chi connectivity index (χ2n) is 5.28. The van der Waals surface area contributed by atoms with Crippen molar-refractivity contribution in [1.82, 2.24) is 14.9 Å². The van der Waals surface area contributed by atoms with Gasteiger partial charge in [0.05, 0.1) is 0 Å². The van der Waals surface area contributed by atoms with Crippen LogP contribution in [0.2, 0.25) is 0 Å². The van der Waals surface area contributed by atoms with Gasteiger partial charge >= 0.3 is 0 Å². The van der Waals surface area contributed by atoms with Crippen LogP contribution in [-0.2, 0) is 4.79 Å². The zero-order valence-electron chi connectivity index (χ0n) is 12.2. The maximum atomic E-state index is 12.6. The number of nitrogens with zero attached hydrogens (tertiary/aromatic N) is 3. The van der Waals surface area contributed by atoms with Crippen LogP contribution in [0.15, 0.2) is 29.6 Å². The summed E-state index contributed by atoms with van der Waals surface area (Å²) < 4.78 is 3.66. The maximum absolute atomic E-state index is 12.6. The minimum Gasteiger partial charge on any atom is -0.339 e. The third-order valence-corrected chi connectivity index (χ3v) is 4.19. The zero-order chi connectivity index (χ0) is 15.5. The number of nitrogens with one attached hydrogen (secondary N) is 1. The van der Waals surface area contributed by atoms with Gasteiger partial charge < -0.3 is 10.2 Å². The molecule has 0 aliphatic carbocycles. The smallest absolute Gasteiger partial charge is 0.273 e. The number of aryl methyl sites for hydroxylation is 1. The van der Waals surface area contributed by atoms with E-state index in [9.17, 15) is 9.59 Å². The first-order chi connectivity index (χ1) is 10.6. The van der Waals surface area contributed by atoms with E-state index in [2.05, 4.69) is 14.9 Å². The van der Waals surface area contributed by atoms with Crippen LogP contribution in [0, 0.1) is 6.92 Å². The Labute approximate surface area is 132 Å². The van der Waals surface area contributed by atoms with Crippen LogP contribution in [0.25, 0.3) is 0 Å². The number of carbonyl (C=O) groups excluding carboxylic acids is 2. The minimum absolute atomic E-state index is 0.0772. The molecule has 1 aliphatic heterocycles. The van der Waals surface area contributed by atoms with Gasteiger partial charge in [-0.2, -0.15) is 0 Å². The molecule has 3 rings (SSSR count). The molecule has 1 atom stereocenters. The standard InChI is InChI=1S/C15H16N4O2S/c1-10-4-6-11(7-5-10)19-8-2-3-12(15(19)21)16-14(20)13-9-22-18-17-13/h4-7,9,12H,2-3,8H2,1H3,(H,16,20)/t12-/m0/s1. The van der Waals surface area contributed by atoms with Crippen LogP contribution < -0.4 is 10.2 Å². The lowest BCUT2D eigenvalue weighted by Gasteiger charge is -2.32. The second-order valence-corrected chi connectivity index (χ2v) is 5.89. The first-order valence-corrected chi connectivity index (χ1v) is 7.95. The Balaban J connectivity index is 1.72. The fourth-order valence-corrected chi connectivity index (χ4v) is 2.92. The van der Waals surface area contributed by atoms with E-state index >= 15 is 0 Å². The lowest BCUT2D eigenvalue weighted by atomic mass is 10.0. The molecule has 1 saturated heterocycles. The summed E-state index contributed by atoms with van der Waals surface area (Å²) in [5, 5.41) is 8.05. The van der Waals surface area contributed by atoms with Gasteiger partial charge in [-0.1, -0.05) is 22.2 Å². The molecule has 2 aromatic rings. The summed E-state index contributed by atoms with van der Waals surface area (Å²) in [5.74, 6) is -0.426. The maximum Gasteiger partial charge on any atom is 0.273 e. The Bertz CT molecular complexity index is 669. The first kappa shape index (κ1) is 14.6. The molecule has 0 spiro atoms. The van der Waals surface area contributed by atoms with E-state index in [1.54, 1.807) is 10.3 Å². The van der Waals surface area contributed by atoms with Gasteiger partial charge in [-0.3, -0.25) is 9.59 Å². The molecule has 1 aromatic heterocycles. The molecular weight excluding hydrogens is 300 g/mol. The average Bonchev–Trinajstić information content (AvgIpc) is 3.05. The summed E-state index contributed by atoms with van der Waals surface area (Å²) in [6, 6.07) is 7.31. The number of hydrogen-bond acceptors (Lipinski definition) is 5. The molecule has 1 aromatic carbocycles. The monoisotopic (exact) mass is 316 g/mol. The highest BCUT2D eigenvalue weighted by molar-refractivity contribution is 7.03. The highest BCUT2D eigenvalue weighted by Gasteiger charge is 2.31. The molecule has 0 unspecified atom stereocenters. The van der Waals surface area contributed by atoms with Crippen molar-refractivity contribution in [3.63, 3.8) is 0 Å². The fraction of sp³-hybridized carbons (Fsp3) is 0.333. The summed E-state index contributed by atoms with van der Waals surface area (Å²) in [4.78, 5) is 26.4. The molecule has 1 N–H and O–H groups in total. The molecule has 7 heteroatoms. The Morgan fingerprint density at radius 2 is 2.14 bits per heavy atom. The normalized spacial score (nSPS) is 18.3. The molecule has 0 bridgehead atoms. The van der Waals surface area contributed by atoms with Gasteiger partial charge in [0.1, 0.15) is 6.04 Å². The topological polar surface area (TPSA) is 75.2 Å². The van der Waals surface area contributed by atoms with E-state index in [-0.39, 0.29) is 17.5 Å². The van der Waals surface area contributed by atoms with Gasteiger partial charge in [0.2, 0.25) is 5.91 Å². The van der Waals surface area contributed by atoms with E-state index in [0.29, 0.717) is 13.0 Å². The number of amides is 2. The van der Waals surface area contributed by atoms with Gasteiger partial charge in [-0.15, -0.1) is 5.10 Å². The van der Waals surface area contributed by atoms with Gasteiger partial charge in [0.25, 0.3) is 5.91 Å². The molecular formula is C15H16N4O2S. The Morgan fingerprint density at radius 3 is 2.82 bits per heavy atom. The van der Waals surface area contributed by atoms with Crippen molar-refractivity contribution in [3.05, 3.63) is 40.9 Å². The van der Waals surface area contributed by atoms with E-state index in [1.807, 2.05) is 31.2 Å². The zero-order valence-corrected chi connectivity index (χ0v) is 13.0. The number of piperidine rings is 1. The second kappa shape index (κ2) is 6.23. The minimum atomic E-state index is -0.510. The van der Waals surface area contributed by atoms with E-state index in [4.69, 9.17) is 0 Å². The SMILES string of the molecule is Cc1ccc(N2CCC[C@H](NC(=O)c3csnn3)C2=O)cc1. The number of rotatable bonds is 3. The van der Waals surface area contributed by atoms with Crippen molar-refractivity contribution in [2.45, 2.75) is 25.8 Å². The predicted molar refractivity (Wildman–Crippen MR) is 83.9 cm³/mol. The highest BCUT2D eigenvalue weighted by atomic mass is 32.1. The summed E-state index contributed by atoms with van der Waals surface area (Å²) in [5.41, 5.74) is 2.27. The molecule has 0 radical (unpaired) electrons. The molecule has 6 nitrogen and oxygen atoms in total. The van der Waals surface area contributed by atoms with Crippen LogP contribution in [0.1, 0.15) is 28.9 Å². The number of aromatic nitrogens is 2. The van der Waals surface area contributed by atoms with Crippen molar-refractivity contribution in [3.8, 4) is 0 Å². The van der Waals surface area contributed by atoms with Crippen LogP contribution in [0.3, 0.4) is 0 Å². The number of hydrogen-bond donors (Lipinski definition) is 1. The molecule has 22 heavy (non-hydrogen) atoms. The van der Waals surface area contributed by atoms with E-state index in [0.717, 1.165) is 29.2 Å². The van der Waals surface area contributed by atoms with E-state index in [1.165, 1.54) is 0 Å². The van der Waals surface area contributed by atoms with Crippen LogP contribution in [-0.4, -0.2) is 34.0 Å². The Hall–Kier alpha value is -2.28. The summed E-state index contributed by atoms with van der Waals surface area (Å²) in [6.07, 6.45) is 1.49. The quantitative estimate of drug-likeness (QED) is 0.936. The third-order valence-electron chi connectivity index (χ3n) is 3.68. The largest absolute Gasteiger partial charge is 0.339 e. The van der Waals surface area contributed by atoms with Crippen molar-refractivity contribution >= 4 is 29.0 Å². The van der Waals surface area contributed by atoms with Gasteiger partial charge in [0.15, 0.2) is 5.69 Å². The van der Waals surface area contributed by atoms with Gasteiger partial charge in [-0.25, -0.2) is 0 Å². The molecule has 0 saturated carbocycles. The summed E-state index contributed by atoms with van der Waals surface area (Å²) in [6.45, 7) is 2.68. The van der Waals surface area contributed by atoms with Crippen LogP contribution in [0.5, 0.6) is 0 Å². The Kier molecular flexibility index (Phi) is 4.15. The predicted octanol–water partition coefficient (Wildman–Crippen LogP) is 1.77. The molecule has 1 fully saturated rings. The number of carbonyl (C=O) groups is 2. The summed E-state index contributed by atoms with van der Waals surface area (Å²) >= 11 is 1.11. The highest BCUT2D eigenvalue weighted by Crippen LogP contribution is 2.21. The summed E-state index contributed by atoms with van der Waals surface area (Å²) in [7, 11) is 0. The van der Waals surface area contributed by atoms with Gasteiger partial charge in [0, 0.05) is 17.6 Å². The lowest BCUT2D eigenvalue weighted by molar-refractivity contribution is -0.121. The molecule has 2 amide bonds. The van der Waals surface area contributed by atoms with Gasteiger partial charge in [-0.05, 0) is 43.4 Å². The molecule has 114 valence electrons. The van der Waals surface area contributed by atoms with Crippen LogP contribution >= 0.6 is 11.5 Å². The lowest BCUT2D eigenvalue weighted by Crippen LogP contribution is -2.52. The molecule has 1 aliphatic rings. The van der Waals surface area contributed by atoms with Crippen LogP contribution in [0.4, 0.5) is 5.69 Å². The fourth-order valence-electron chi connectivity index (χ4n) is 2.49. The molecule has 2 heterocycles. The average molecular weight is 316 g/mol. The van der Waals surface area contributed by atoms with Crippen molar-refractivity contribution in [1.29, 1.82) is 0 Å². The Morgan fingerprint density at radius 1 is 1.36 bits per heavy atom. The van der Waals surface area contributed by atoms with E-state index < -0.39 is 6.04 Å².